The molecule has 0 N–H and O–H groups in total. The summed E-state index contributed by atoms with van der Waals surface area (Å²) in [7, 11) is -3.57. The Labute approximate surface area is 189 Å². The number of nitrogens with zero attached hydrogens (tertiary/aromatic N) is 4. The predicted octanol–water partition coefficient (Wildman–Crippen LogP) is 3.53. The van der Waals surface area contributed by atoms with Crippen molar-refractivity contribution in [2.75, 3.05) is 26.2 Å². The first-order valence-electron chi connectivity index (χ1n) is 10.9. The molecule has 1 fully saturated rings. The third-order valence-electron chi connectivity index (χ3n) is 6.11. The number of hydrogen-bond acceptors (Lipinski definition) is 4. The summed E-state index contributed by atoms with van der Waals surface area (Å²) in [6.07, 6.45) is 4.55. The normalized spacial score (nSPS) is 16.1. The maximum Gasteiger partial charge on any atom is 0.253 e. The van der Waals surface area contributed by atoms with Crippen molar-refractivity contribution in [3.05, 3.63) is 78.1 Å². The van der Waals surface area contributed by atoms with Crippen molar-refractivity contribution in [2.45, 2.75) is 31.1 Å². The zero-order chi connectivity index (χ0) is 22.7. The molecular formula is C24H28N4O3S. The highest BCUT2D eigenvalue weighted by molar-refractivity contribution is 7.89. The van der Waals surface area contributed by atoms with E-state index in [1.165, 1.54) is 4.31 Å². The van der Waals surface area contributed by atoms with Crippen molar-refractivity contribution in [1.29, 1.82) is 0 Å². The zero-order valence-electron chi connectivity index (χ0n) is 18.4. The fourth-order valence-corrected chi connectivity index (χ4v) is 5.27. The largest absolute Gasteiger partial charge is 0.336 e. The van der Waals surface area contributed by atoms with Crippen LogP contribution in [0.2, 0.25) is 0 Å². The average molecular weight is 453 g/mol. The van der Waals surface area contributed by atoms with Gasteiger partial charge in [-0.3, -0.25) is 4.79 Å². The van der Waals surface area contributed by atoms with Crippen molar-refractivity contribution in [2.24, 2.45) is 0 Å². The minimum atomic E-state index is -3.57. The van der Waals surface area contributed by atoms with Gasteiger partial charge in [-0.15, -0.1) is 0 Å². The van der Waals surface area contributed by atoms with Crippen LogP contribution in [0, 0.1) is 0 Å². The second kappa shape index (κ2) is 9.26. The van der Waals surface area contributed by atoms with Gasteiger partial charge >= 0.3 is 0 Å². The van der Waals surface area contributed by atoms with Crippen LogP contribution in [0.15, 0.2) is 71.9 Å². The maximum atomic E-state index is 13.0. The molecule has 7 nitrogen and oxygen atoms in total. The Morgan fingerprint density at radius 2 is 1.66 bits per heavy atom. The van der Waals surface area contributed by atoms with E-state index < -0.39 is 10.0 Å². The minimum Gasteiger partial charge on any atom is -0.336 e. The van der Waals surface area contributed by atoms with Crippen molar-refractivity contribution in [3.8, 4) is 5.69 Å². The molecule has 3 aromatic rings. The van der Waals surface area contributed by atoms with Crippen LogP contribution in [-0.4, -0.2) is 59.5 Å². The molecule has 0 spiro atoms. The summed E-state index contributed by atoms with van der Waals surface area (Å²) in [4.78, 5) is 14.9. The number of carbonyl (C=O) groups is 1. The topological polar surface area (TPSA) is 75.5 Å². The Hall–Kier alpha value is -2.97. The fraction of sp³-hybridized carbons (Fsp3) is 0.333. The first-order chi connectivity index (χ1) is 15.4. The molecule has 0 bridgehead atoms. The third kappa shape index (κ3) is 4.47. The van der Waals surface area contributed by atoms with Crippen LogP contribution < -0.4 is 0 Å². The van der Waals surface area contributed by atoms with E-state index in [0.29, 0.717) is 29.5 Å². The molecule has 2 heterocycles. The summed E-state index contributed by atoms with van der Waals surface area (Å²) in [5.74, 6) is 0.307. The lowest BCUT2D eigenvalue weighted by molar-refractivity contribution is 0.0698. The number of carbonyl (C=O) groups excluding carboxylic acids is 1. The van der Waals surface area contributed by atoms with Crippen LogP contribution in [0.1, 0.15) is 42.1 Å². The van der Waals surface area contributed by atoms with E-state index in [2.05, 4.69) is 18.9 Å². The molecule has 1 saturated heterocycles. The zero-order valence-corrected chi connectivity index (χ0v) is 19.2. The highest BCUT2D eigenvalue weighted by atomic mass is 32.2. The average Bonchev–Trinajstić information content (AvgIpc) is 3.38. The molecule has 1 aromatic heterocycles. The molecule has 2 aromatic carbocycles. The Morgan fingerprint density at radius 3 is 2.22 bits per heavy atom. The molecule has 4 rings (SSSR count). The number of rotatable bonds is 6. The smallest absolute Gasteiger partial charge is 0.253 e. The van der Waals surface area contributed by atoms with Gasteiger partial charge in [0.25, 0.3) is 5.91 Å². The molecule has 0 saturated carbocycles. The SMILES string of the molecule is CC[C@@H](C)c1ccc(S(=O)(=O)N2CCN(C(=O)c3ccc(-n4cccn4)cc3)CC2)cc1. The Morgan fingerprint density at radius 1 is 1.00 bits per heavy atom. The van der Waals surface area contributed by atoms with Crippen molar-refractivity contribution in [1.82, 2.24) is 19.0 Å². The van der Waals surface area contributed by atoms with Gasteiger partial charge in [0.15, 0.2) is 0 Å². The number of piperazine rings is 1. The number of benzene rings is 2. The first kappa shape index (κ1) is 22.2. The molecule has 1 amide bonds. The van der Waals surface area contributed by atoms with Crippen molar-refractivity contribution >= 4 is 15.9 Å². The summed E-state index contributed by atoms with van der Waals surface area (Å²) in [6, 6.07) is 16.3. The van der Waals surface area contributed by atoms with Crippen LogP contribution >= 0.6 is 0 Å². The van der Waals surface area contributed by atoms with Crippen LogP contribution in [0.4, 0.5) is 0 Å². The quantitative estimate of drug-likeness (QED) is 0.573. The van der Waals surface area contributed by atoms with E-state index in [4.69, 9.17) is 0 Å². The second-order valence-electron chi connectivity index (χ2n) is 8.07. The molecular weight excluding hydrogens is 424 g/mol. The van der Waals surface area contributed by atoms with E-state index in [9.17, 15) is 13.2 Å². The Kier molecular flexibility index (Phi) is 6.43. The summed E-state index contributed by atoms with van der Waals surface area (Å²) in [6.45, 7) is 5.54. The lowest BCUT2D eigenvalue weighted by Gasteiger charge is -2.34. The highest BCUT2D eigenvalue weighted by Gasteiger charge is 2.30. The minimum absolute atomic E-state index is 0.0908. The third-order valence-corrected chi connectivity index (χ3v) is 8.02. The summed E-state index contributed by atoms with van der Waals surface area (Å²) < 4.78 is 29.3. The van der Waals surface area contributed by atoms with Crippen molar-refractivity contribution in [3.63, 3.8) is 0 Å². The monoisotopic (exact) mass is 452 g/mol. The number of sulfonamides is 1. The summed E-state index contributed by atoms with van der Waals surface area (Å²) in [5, 5.41) is 4.18. The lowest BCUT2D eigenvalue weighted by atomic mass is 9.99. The van der Waals surface area contributed by atoms with Gasteiger partial charge in [-0.1, -0.05) is 26.0 Å². The molecule has 1 aliphatic rings. The van der Waals surface area contributed by atoms with Gasteiger partial charge in [0.2, 0.25) is 10.0 Å². The van der Waals surface area contributed by atoms with Crippen LogP contribution in [0.3, 0.4) is 0 Å². The Bertz CT molecular complexity index is 1150. The van der Waals surface area contributed by atoms with Gasteiger partial charge in [0.1, 0.15) is 0 Å². The van der Waals surface area contributed by atoms with Crippen molar-refractivity contribution < 1.29 is 13.2 Å². The predicted molar refractivity (Wildman–Crippen MR) is 123 cm³/mol. The fourth-order valence-electron chi connectivity index (χ4n) is 3.85. The molecule has 168 valence electrons. The van der Waals surface area contributed by atoms with E-state index in [1.807, 2.05) is 36.5 Å². The van der Waals surface area contributed by atoms with E-state index >= 15 is 0 Å². The number of hydrogen-bond donors (Lipinski definition) is 0. The molecule has 1 atom stereocenters. The number of amides is 1. The van der Waals surface area contributed by atoms with Gasteiger partial charge in [-0.2, -0.15) is 9.40 Å². The standard InChI is InChI=1S/C24H28N4O3S/c1-3-19(2)20-7-11-23(12-8-20)32(30,31)27-17-15-26(16-18-27)24(29)21-5-9-22(10-6-21)28-14-4-13-25-28/h4-14,19H,3,15-18H2,1-2H3/t19-/m1/s1. The summed E-state index contributed by atoms with van der Waals surface area (Å²) in [5.41, 5.74) is 2.60. The molecule has 0 aliphatic carbocycles. The maximum absolute atomic E-state index is 13.0. The highest BCUT2D eigenvalue weighted by Crippen LogP contribution is 2.23. The molecule has 0 unspecified atom stereocenters. The first-order valence-corrected chi connectivity index (χ1v) is 12.3. The van der Waals surface area contributed by atoms with Crippen LogP contribution in [0.5, 0.6) is 0 Å². The van der Waals surface area contributed by atoms with Crippen LogP contribution in [0.25, 0.3) is 5.69 Å². The van der Waals surface area contributed by atoms with Gasteiger partial charge in [0.05, 0.1) is 10.6 Å². The molecule has 1 aliphatic heterocycles. The molecule has 8 heteroatoms. The van der Waals surface area contributed by atoms with Gasteiger partial charge in [-0.25, -0.2) is 13.1 Å². The number of aromatic nitrogens is 2. The van der Waals surface area contributed by atoms with E-state index in [1.54, 1.807) is 40.0 Å². The summed E-state index contributed by atoms with van der Waals surface area (Å²) >= 11 is 0. The van der Waals surface area contributed by atoms with E-state index in [0.717, 1.165) is 17.7 Å². The lowest BCUT2D eigenvalue weighted by Crippen LogP contribution is -2.50. The molecule has 32 heavy (non-hydrogen) atoms. The second-order valence-corrected chi connectivity index (χ2v) is 10.0. The van der Waals surface area contributed by atoms with Gasteiger partial charge < -0.3 is 4.90 Å². The van der Waals surface area contributed by atoms with Gasteiger partial charge in [-0.05, 0) is 60.4 Å². The Balaban J connectivity index is 1.39. The van der Waals surface area contributed by atoms with Gasteiger partial charge in [0, 0.05) is 44.1 Å². The molecule has 0 radical (unpaired) electrons. The van der Waals surface area contributed by atoms with E-state index in [-0.39, 0.29) is 19.0 Å². The van der Waals surface area contributed by atoms with Crippen LogP contribution in [-0.2, 0) is 10.0 Å².